The highest BCUT2D eigenvalue weighted by Gasteiger charge is 2.21. The Bertz CT molecular complexity index is 1450. The number of carbonyl (C=O) groups excluding carboxylic acids is 1. The van der Waals surface area contributed by atoms with E-state index in [1.807, 2.05) is 48.5 Å². The molecule has 0 bridgehead atoms. The maximum absolute atomic E-state index is 11.7. The first kappa shape index (κ1) is 28.7. The third kappa shape index (κ3) is 7.29. The molecule has 0 unspecified atom stereocenters. The number of unbranched alkanes of at least 4 members (excludes halogenated alkanes) is 1. The summed E-state index contributed by atoms with van der Waals surface area (Å²) in [5.41, 5.74) is 4.25. The van der Waals surface area contributed by atoms with Crippen LogP contribution in [0.15, 0.2) is 72.8 Å². The second-order valence-electron chi connectivity index (χ2n) is 10.1. The monoisotopic (exact) mass is 573 g/mol. The second kappa shape index (κ2) is 13.7. The smallest absolute Gasteiger partial charge is 0.310 e. The first-order chi connectivity index (χ1) is 20.0. The van der Waals surface area contributed by atoms with Gasteiger partial charge >= 0.3 is 5.97 Å². The summed E-state index contributed by atoms with van der Waals surface area (Å²) in [5, 5.41) is 0.522. The molecule has 4 aromatic rings. The van der Waals surface area contributed by atoms with E-state index in [1.165, 1.54) is 0 Å². The lowest BCUT2D eigenvalue weighted by atomic mass is 10.1. The summed E-state index contributed by atoms with van der Waals surface area (Å²) in [6.45, 7) is 7.85. The maximum Gasteiger partial charge on any atom is 0.310 e. The Morgan fingerprint density at radius 2 is 1.63 bits per heavy atom. The standard InChI is InChI=1S/C33H36ClN3O4/c1-3-5-17-37-28(32(34)35-33(37)26-9-7-6-8-10-26)23-36(21-24-11-14-27(15-12-24)41-31(38)4-2)22-25-13-16-29-30(20-25)40-19-18-39-29/h6-16,20H,3-5,17-19,21-23H2,1-2H3. The Kier molecular flexibility index (Phi) is 9.59. The van der Waals surface area contributed by atoms with Crippen LogP contribution in [0.1, 0.15) is 49.9 Å². The van der Waals surface area contributed by atoms with Crippen LogP contribution in [0, 0.1) is 0 Å². The Hall–Kier alpha value is -3.81. The fourth-order valence-corrected chi connectivity index (χ4v) is 5.16. The van der Waals surface area contributed by atoms with Crippen molar-refractivity contribution >= 4 is 17.6 Å². The fourth-order valence-electron chi connectivity index (χ4n) is 4.92. The molecule has 1 aliphatic rings. The van der Waals surface area contributed by atoms with Gasteiger partial charge in [-0.05, 0) is 41.8 Å². The average Bonchev–Trinajstić information content (AvgIpc) is 3.31. The fraction of sp³-hybridized carbons (Fsp3) is 0.333. The summed E-state index contributed by atoms with van der Waals surface area (Å²) in [4.78, 5) is 18.9. The molecule has 0 amide bonds. The van der Waals surface area contributed by atoms with Crippen LogP contribution in [0.2, 0.25) is 5.15 Å². The second-order valence-corrected chi connectivity index (χ2v) is 10.5. The molecular formula is C33H36ClN3O4. The summed E-state index contributed by atoms with van der Waals surface area (Å²) < 4.78 is 19.2. The number of aromatic nitrogens is 2. The summed E-state index contributed by atoms with van der Waals surface area (Å²) in [5.74, 6) is 2.74. The lowest BCUT2D eigenvalue weighted by molar-refractivity contribution is -0.134. The Labute approximate surface area is 246 Å². The number of rotatable bonds is 12. The lowest BCUT2D eigenvalue weighted by Crippen LogP contribution is -2.24. The summed E-state index contributed by atoms with van der Waals surface area (Å²) in [6.07, 6.45) is 2.43. The zero-order valence-electron chi connectivity index (χ0n) is 23.6. The number of benzene rings is 3. The van der Waals surface area contributed by atoms with Gasteiger partial charge in [-0.3, -0.25) is 9.69 Å². The number of nitrogens with zero attached hydrogens (tertiary/aromatic N) is 3. The van der Waals surface area contributed by atoms with Crippen molar-refractivity contribution in [2.75, 3.05) is 13.2 Å². The molecule has 0 fully saturated rings. The van der Waals surface area contributed by atoms with Gasteiger partial charge in [0.1, 0.15) is 24.8 Å². The van der Waals surface area contributed by atoms with Gasteiger partial charge < -0.3 is 18.8 Å². The van der Waals surface area contributed by atoms with E-state index in [1.54, 1.807) is 6.92 Å². The zero-order valence-corrected chi connectivity index (χ0v) is 24.4. The molecule has 5 rings (SSSR count). The molecule has 0 saturated heterocycles. The maximum atomic E-state index is 11.7. The van der Waals surface area contributed by atoms with Crippen molar-refractivity contribution in [3.63, 3.8) is 0 Å². The van der Waals surface area contributed by atoms with E-state index in [9.17, 15) is 4.79 Å². The molecule has 7 nitrogen and oxygen atoms in total. The van der Waals surface area contributed by atoms with Crippen LogP contribution < -0.4 is 14.2 Å². The van der Waals surface area contributed by atoms with Crippen LogP contribution in [-0.2, 0) is 31.0 Å². The first-order valence-electron chi connectivity index (χ1n) is 14.2. The third-order valence-electron chi connectivity index (χ3n) is 7.03. The Morgan fingerprint density at radius 1 is 0.927 bits per heavy atom. The number of hydrogen-bond donors (Lipinski definition) is 0. The molecule has 0 saturated carbocycles. The number of imidazole rings is 1. The SMILES string of the molecule is CCCCn1c(-c2ccccc2)nc(Cl)c1CN(Cc1ccc(OC(=O)CC)cc1)Cc1ccc2c(c1)OCCO2. The third-order valence-corrected chi connectivity index (χ3v) is 7.33. The van der Waals surface area contributed by atoms with Gasteiger partial charge in [-0.2, -0.15) is 0 Å². The highest BCUT2D eigenvalue weighted by atomic mass is 35.5. The molecule has 0 N–H and O–H groups in total. The van der Waals surface area contributed by atoms with E-state index >= 15 is 0 Å². The van der Waals surface area contributed by atoms with Crippen LogP contribution in [0.4, 0.5) is 0 Å². The summed E-state index contributed by atoms with van der Waals surface area (Å²) in [6, 6.07) is 24.0. The molecule has 1 aliphatic heterocycles. The molecule has 0 aliphatic carbocycles. The van der Waals surface area contributed by atoms with Gasteiger partial charge in [-0.25, -0.2) is 4.98 Å². The predicted molar refractivity (Wildman–Crippen MR) is 160 cm³/mol. The lowest BCUT2D eigenvalue weighted by Gasteiger charge is -2.25. The topological polar surface area (TPSA) is 65.8 Å². The highest BCUT2D eigenvalue weighted by molar-refractivity contribution is 6.30. The number of fused-ring (bicyclic) bond motifs is 1. The number of carbonyl (C=O) groups is 1. The van der Waals surface area contributed by atoms with Crippen molar-refractivity contribution in [3.8, 4) is 28.6 Å². The summed E-state index contributed by atoms with van der Waals surface area (Å²) >= 11 is 6.86. The van der Waals surface area contributed by atoms with Crippen LogP contribution in [0.3, 0.4) is 0 Å². The highest BCUT2D eigenvalue weighted by Crippen LogP contribution is 2.32. The first-order valence-corrected chi connectivity index (χ1v) is 14.6. The number of halogens is 1. The molecule has 1 aromatic heterocycles. The molecule has 0 radical (unpaired) electrons. The predicted octanol–water partition coefficient (Wildman–Crippen LogP) is 7.29. The van der Waals surface area contributed by atoms with Crippen molar-refractivity contribution in [2.24, 2.45) is 0 Å². The normalized spacial score (nSPS) is 12.5. The molecule has 41 heavy (non-hydrogen) atoms. The van der Waals surface area contributed by atoms with Gasteiger partial charge in [0.25, 0.3) is 0 Å². The minimum Gasteiger partial charge on any atom is -0.486 e. The van der Waals surface area contributed by atoms with E-state index in [0.29, 0.717) is 50.2 Å². The van der Waals surface area contributed by atoms with Crippen LogP contribution in [-0.4, -0.2) is 33.6 Å². The van der Waals surface area contributed by atoms with E-state index in [4.69, 9.17) is 30.8 Å². The van der Waals surface area contributed by atoms with Crippen molar-refractivity contribution in [3.05, 3.63) is 94.8 Å². The van der Waals surface area contributed by atoms with Crippen molar-refractivity contribution in [1.29, 1.82) is 0 Å². The number of hydrogen-bond acceptors (Lipinski definition) is 6. The van der Waals surface area contributed by atoms with Crippen LogP contribution in [0.25, 0.3) is 11.4 Å². The minimum atomic E-state index is -0.248. The van der Waals surface area contributed by atoms with E-state index in [2.05, 4.69) is 40.7 Å². The molecule has 0 spiro atoms. The molecule has 3 aromatic carbocycles. The van der Waals surface area contributed by atoms with E-state index < -0.39 is 0 Å². The van der Waals surface area contributed by atoms with E-state index in [0.717, 1.165) is 59.1 Å². The van der Waals surface area contributed by atoms with Gasteiger partial charge in [0.15, 0.2) is 16.7 Å². The van der Waals surface area contributed by atoms with Crippen LogP contribution in [0.5, 0.6) is 17.2 Å². The van der Waals surface area contributed by atoms with E-state index in [-0.39, 0.29) is 5.97 Å². The van der Waals surface area contributed by atoms with Gasteiger partial charge in [0, 0.05) is 38.2 Å². The molecular weight excluding hydrogens is 538 g/mol. The largest absolute Gasteiger partial charge is 0.486 e. The zero-order chi connectivity index (χ0) is 28.6. The quantitative estimate of drug-likeness (QED) is 0.131. The van der Waals surface area contributed by atoms with Crippen molar-refractivity contribution in [1.82, 2.24) is 14.5 Å². The average molecular weight is 574 g/mol. The minimum absolute atomic E-state index is 0.248. The van der Waals surface area contributed by atoms with Gasteiger partial charge in [-0.15, -0.1) is 0 Å². The van der Waals surface area contributed by atoms with Crippen LogP contribution >= 0.6 is 11.6 Å². The molecule has 214 valence electrons. The molecule has 8 heteroatoms. The van der Waals surface area contributed by atoms with Gasteiger partial charge in [0.05, 0.1) is 5.69 Å². The molecule has 0 atom stereocenters. The van der Waals surface area contributed by atoms with Crippen molar-refractivity contribution in [2.45, 2.75) is 59.3 Å². The Morgan fingerprint density at radius 3 is 2.37 bits per heavy atom. The molecule has 2 heterocycles. The van der Waals surface area contributed by atoms with Crippen molar-refractivity contribution < 1.29 is 19.0 Å². The van der Waals surface area contributed by atoms with Gasteiger partial charge in [-0.1, -0.05) is 80.4 Å². The Balaban J connectivity index is 1.45. The summed E-state index contributed by atoms with van der Waals surface area (Å²) in [7, 11) is 0. The number of ether oxygens (including phenoxy) is 3. The van der Waals surface area contributed by atoms with Gasteiger partial charge in [0.2, 0.25) is 0 Å². The number of esters is 1.